The molecule has 0 aromatic heterocycles. The summed E-state index contributed by atoms with van der Waals surface area (Å²) in [5.41, 5.74) is 4.15. The van der Waals surface area contributed by atoms with Crippen molar-refractivity contribution in [3.8, 4) is 0 Å². The van der Waals surface area contributed by atoms with E-state index in [1.54, 1.807) is 24.3 Å². The van der Waals surface area contributed by atoms with Gasteiger partial charge in [-0.2, -0.15) is 0 Å². The van der Waals surface area contributed by atoms with E-state index < -0.39 is 5.25 Å². The third kappa shape index (κ3) is 4.25. The van der Waals surface area contributed by atoms with Crippen molar-refractivity contribution in [2.45, 2.75) is 11.7 Å². The minimum Gasteiger partial charge on any atom is -0.358 e. The molecule has 2 rings (SSSR count). The number of amidine groups is 1. The zero-order chi connectivity index (χ0) is 16.1. The van der Waals surface area contributed by atoms with Gasteiger partial charge in [0.15, 0.2) is 5.17 Å². The Balaban J connectivity index is 2.02. The first-order valence-corrected chi connectivity index (χ1v) is 7.72. The van der Waals surface area contributed by atoms with Gasteiger partial charge in [0.2, 0.25) is 11.8 Å². The van der Waals surface area contributed by atoms with Crippen molar-refractivity contribution in [3.63, 3.8) is 0 Å². The van der Waals surface area contributed by atoms with Crippen LogP contribution in [0.4, 0.5) is 0 Å². The monoisotopic (exact) mass is 338 g/mol. The molecule has 1 atom stereocenters. The molecule has 22 heavy (non-hydrogen) atoms. The van der Waals surface area contributed by atoms with Crippen LogP contribution in [0.5, 0.6) is 0 Å². The largest absolute Gasteiger partial charge is 0.358 e. The molecular formula is C14H15ClN4O2S. The number of nitrogens with one attached hydrogen (secondary N) is 3. The molecule has 0 spiro atoms. The van der Waals surface area contributed by atoms with Crippen molar-refractivity contribution in [1.82, 2.24) is 16.1 Å². The maximum atomic E-state index is 11.6. The zero-order valence-corrected chi connectivity index (χ0v) is 13.4. The first-order chi connectivity index (χ1) is 10.5. The number of halogens is 1. The molecule has 1 saturated heterocycles. The Labute approximate surface area is 137 Å². The lowest BCUT2D eigenvalue weighted by atomic mass is 10.2. The molecule has 6 nitrogen and oxygen atoms in total. The Kier molecular flexibility index (Phi) is 5.46. The minimum absolute atomic E-state index is 0.126. The summed E-state index contributed by atoms with van der Waals surface area (Å²) >= 11 is 7.01. The number of nitrogens with zero attached hydrogens (tertiary/aromatic N) is 1. The van der Waals surface area contributed by atoms with E-state index in [1.807, 2.05) is 0 Å². The Bertz CT molecular complexity index is 630. The summed E-state index contributed by atoms with van der Waals surface area (Å²) in [6.45, 7) is 3.87. The van der Waals surface area contributed by atoms with Crippen molar-refractivity contribution in [3.05, 3.63) is 41.4 Å². The molecule has 0 aliphatic carbocycles. The highest BCUT2D eigenvalue weighted by Gasteiger charge is 2.29. The molecule has 0 radical (unpaired) electrons. The van der Waals surface area contributed by atoms with Crippen LogP contribution in [-0.2, 0) is 9.59 Å². The van der Waals surface area contributed by atoms with Crippen LogP contribution in [-0.4, -0.2) is 29.3 Å². The van der Waals surface area contributed by atoms with Gasteiger partial charge in [-0.1, -0.05) is 42.1 Å². The summed E-state index contributed by atoms with van der Waals surface area (Å²) in [7, 11) is 1.53. The fourth-order valence-corrected chi connectivity index (χ4v) is 2.87. The molecule has 8 heteroatoms. The predicted molar refractivity (Wildman–Crippen MR) is 89.3 cm³/mol. The molecule has 0 saturated carbocycles. The number of thioether (sulfide) groups is 1. The van der Waals surface area contributed by atoms with Crippen molar-refractivity contribution in [1.29, 1.82) is 0 Å². The normalized spacial score (nSPS) is 19.5. The van der Waals surface area contributed by atoms with Gasteiger partial charge < -0.3 is 10.6 Å². The number of hydrazone groups is 1. The van der Waals surface area contributed by atoms with Gasteiger partial charge in [-0.25, -0.2) is 0 Å². The highest BCUT2D eigenvalue weighted by Crippen LogP contribution is 2.21. The van der Waals surface area contributed by atoms with Gasteiger partial charge in [0, 0.05) is 18.5 Å². The molecule has 1 fully saturated rings. The number of hydrogen-bond acceptors (Lipinski definition) is 5. The second-order valence-corrected chi connectivity index (χ2v) is 6.12. The Morgan fingerprint density at radius 1 is 1.45 bits per heavy atom. The van der Waals surface area contributed by atoms with Gasteiger partial charge in [-0.3, -0.25) is 15.0 Å². The van der Waals surface area contributed by atoms with Gasteiger partial charge in [0.25, 0.3) is 0 Å². The summed E-state index contributed by atoms with van der Waals surface area (Å²) in [5, 5.41) is 9.70. The van der Waals surface area contributed by atoms with E-state index >= 15 is 0 Å². The predicted octanol–water partition coefficient (Wildman–Crippen LogP) is 1.54. The third-order valence-electron chi connectivity index (χ3n) is 2.89. The van der Waals surface area contributed by atoms with E-state index in [2.05, 4.69) is 27.7 Å². The molecule has 1 aromatic carbocycles. The molecule has 1 aliphatic heterocycles. The smallest absolute Gasteiger partial charge is 0.233 e. The average Bonchev–Trinajstić information content (AvgIpc) is 2.52. The topological polar surface area (TPSA) is 82.6 Å². The SMILES string of the molecule is C=C(NN=C1NC(=O)CC(C(=O)NC)S1)c1ccc(Cl)cc1. The Morgan fingerprint density at radius 3 is 2.77 bits per heavy atom. The lowest BCUT2D eigenvalue weighted by Gasteiger charge is -2.21. The van der Waals surface area contributed by atoms with Crippen LogP contribution < -0.4 is 16.1 Å². The standard InChI is InChI=1S/C14H15ClN4O2S/c1-8(9-3-5-10(15)6-4-9)18-19-14-17-12(20)7-11(22-14)13(21)16-2/h3-6,11,18H,1,7H2,2H3,(H,16,21)(H,17,19,20). The van der Waals surface area contributed by atoms with Gasteiger partial charge >= 0.3 is 0 Å². The number of carbonyl (C=O) groups excluding carboxylic acids is 2. The average molecular weight is 339 g/mol. The Morgan fingerprint density at radius 2 is 2.14 bits per heavy atom. The highest BCUT2D eigenvalue weighted by molar-refractivity contribution is 8.15. The quantitative estimate of drug-likeness (QED) is 0.727. The van der Waals surface area contributed by atoms with Gasteiger partial charge in [0.1, 0.15) is 0 Å². The summed E-state index contributed by atoms with van der Waals surface area (Å²) in [6, 6.07) is 7.10. The number of benzene rings is 1. The van der Waals surface area contributed by atoms with E-state index in [0.29, 0.717) is 15.9 Å². The van der Waals surface area contributed by atoms with Gasteiger partial charge in [-0.05, 0) is 17.7 Å². The van der Waals surface area contributed by atoms with Crippen LogP contribution in [0.3, 0.4) is 0 Å². The minimum atomic E-state index is -0.483. The van der Waals surface area contributed by atoms with Crippen LogP contribution in [0, 0.1) is 0 Å². The molecule has 1 aromatic rings. The maximum Gasteiger partial charge on any atom is 0.233 e. The number of carbonyl (C=O) groups is 2. The van der Waals surface area contributed by atoms with Crippen molar-refractivity contribution >= 4 is 46.0 Å². The van der Waals surface area contributed by atoms with E-state index in [4.69, 9.17) is 11.6 Å². The molecule has 1 aliphatic rings. The van der Waals surface area contributed by atoms with Gasteiger partial charge in [0.05, 0.1) is 10.9 Å². The zero-order valence-electron chi connectivity index (χ0n) is 11.9. The van der Waals surface area contributed by atoms with Crippen molar-refractivity contribution < 1.29 is 9.59 Å². The number of amides is 2. The second kappa shape index (κ2) is 7.33. The lowest BCUT2D eigenvalue weighted by Crippen LogP contribution is -2.43. The van der Waals surface area contributed by atoms with Crippen molar-refractivity contribution in [2.75, 3.05) is 7.05 Å². The third-order valence-corrected chi connectivity index (χ3v) is 4.23. The fraction of sp³-hybridized carbons (Fsp3) is 0.214. The molecule has 0 bridgehead atoms. The molecule has 3 N–H and O–H groups in total. The van der Waals surface area contributed by atoms with Crippen LogP contribution >= 0.6 is 23.4 Å². The summed E-state index contributed by atoms with van der Waals surface area (Å²) in [5.74, 6) is -0.450. The molecule has 116 valence electrons. The second-order valence-electron chi connectivity index (χ2n) is 4.49. The van der Waals surface area contributed by atoms with Crippen LogP contribution in [0.1, 0.15) is 12.0 Å². The Hall–Kier alpha value is -1.99. The molecular weight excluding hydrogens is 324 g/mol. The van der Waals surface area contributed by atoms with Crippen LogP contribution in [0.25, 0.3) is 5.70 Å². The molecule has 1 heterocycles. The summed E-state index contributed by atoms with van der Waals surface area (Å²) in [6.07, 6.45) is 0.126. The maximum absolute atomic E-state index is 11.6. The van der Waals surface area contributed by atoms with E-state index in [0.717, 1.165) is 5.56 Å². The first kappa shape index (κ1) is 16.4. The van der Waals surface area contributed by atoms with E-state index in [1.165, 1.54) is 18.8 Å². The number of hydrogen-bond donors (Lipinski definition) is 3. The molecule has 2 amide bonds. The number of rotatable bonds is 4. The lowest BCUT2D eigenvalue weighted by molar-refractivity contribution is -0.125. The highest BCUT2D eigenvalue weighted by atomic mass is 35.5. The van der Waals surface area contributed by atoms with E-state index in [-0.39, 0.29) is 18.2 Å². The van der Waals surface area contributed by atoms with Gasteiger partial charge in [-0.15, -0.1) is 5.10 Å². The molecule has 1 unspecified atom stereocenters. The summed E-state index contributed by atoms with van der Waals surface area (Å²) in [4.78, 5) is 23.2. The van der Waals surface area contributed by atoms with Crippen LogP contribution in [0.2, 0.25) is 5.02 Å². The summed E-state index contributed by atoms with van der Waals surface area (Å²) < 4.78 is 0. The fourth-order valence-electron chi connectivity index (χ4n) is 1.74. The van der Waals surface area contributed by atoms with Crippen LogP contribution in [0.15, 0.2) is 35.9 Å². The van der Waals surface area contributed by atoms with Crippen molar-refractivity contribution in [2.24, 2.45) is 5.10 Å². The first-order valence-electron chi connectivity index (χ1n) is 6.46. The van der Waals surface area contributed by atoms with E-state index in [9.17, 15) is 9.59 Å².